The zero-order chi connectivity index (χ0) is 27.8. The number of aliphatic hydroxyl groups is 1. The molecule has 0 spiro atoms. The SMILES string of the molecule is CCCCOc1ccc(C2C(=C(O)c3ccc(OCc4ccccc4C)cc3)C(=O)C(=O)N2CCOC)cc1. The number of aryl methyl sites for hydroxylation is 1. The molecule has 1 aliphatic heterocycles. The highest BCUT2D eigenvalue weighted by molar-refractivity contribution is 6.46. The predicted molar refractivity (Wildman–Crippen MR) is 150 cm³/mol. The molecule has 1 unspecified atom stereocenters. The molecule has 1 saturated heterocycles. The van der Waals surface area contributed by atoms with E-state index in [0.29, 0.717) is 35.8 Å². The lowest BCUT2D eigenvalue weighted by molar-refractivity contribution is -0.140. The molecular formula is C32H35NO6. The van der Waals surface area contributed by atoms with Crippen molar-refractivity contribution in [1.29, 1.82) is 0 Å². The quantitative estimate of drug-likeness (QED) is 0.138. The van der Waals surface area contributed by atoms with Crippen molar-refractivity contribution in [3.05, 3.63) is 101 Å². The van der Waals surface area contributed by atoms with Gasteiger partial charge in [-0.2, -0.15) is 0 Å². The second-order valence-corrected chi connectivity index (χ2v) is 9.50. The van der Waals surface area contributed by atoms with E-state index in [1.54, 1.807) is 24.3 Å². The highest BCUT2D eigenvalue weighted by atomic mass is 16.5. The van der Waals surface area contributed by atoms with Gasteiger partial charge < -0.3 is 24.2 Å². The Morgan fingerprint density at radius 1 is 0.897 bits per heavy atom. The van der Waals surface area contributed by atoms with Crippen LogP contribution in [-0.2, 0) is 20.9 Å². The van der Waals surface area contributed by atoms with Gasteiger partial charge in [-0.15, -0.1) is 0 Å². The number of benzene rings is 3. The third-order valence-corrected chi connectivity index (χ3v) is 6.82. The Labute approximate surface area is 229 Å². The number of rotatable bonds is 12. The van der Waals surface area contributed by atoms with Crippen molar-refractivity contribution in [2.75, 3.05) is 26.9 Å². The first kappa shape index (κ1) is 27.9. The molecule has 1 aliphatic rings. The van der Waals surface area contributed by atoms with Gasteiger partial charge >= 0.3 is 0 Å². The summed E-state index contributed by atoms with van der Waals surface area (Å²) in [7, 11) is 1.54. The first-order valence-corrected chi connectivity index (χ1v) is 13.2. The van der Waals surface area contributed by atoms with Crippen molar-refractivity contribution in [2.24, 2.45) is 0 Å². The smallest absolute Gasteiger partial charge is 0.295 e. The second-order valence-electron chi connectivity index (χ2n) is 9.50. The predicted octanol–water partition coefficient (Wildman–Crippen LogP) is 5.82. The van der Waals surface area contributed by atoms with E-state index in [-0.39, 0.29) is 24.5 Å². The Kier molecular flexibility index (Phi) is 9.39. The van der Waals surface area contributed by atoms with Gasteiger partial charge in [0.2, 0.25) is 0 Å². The number of aliphatic hydroxyl groups excluding tert-OH is 1. The maximum absolute atomic E-state index is 13.2. The van der Waals surface area contributed by atoms with Crippen molar-refractivity contribution < 1.29 is 28.9 Å². The molecule has 7 heteroatoms. The number of carbonyl (C=O) groups excluding carboxylic acids is 2. The van der Waals surface area contributed by atoms with Gasteiger partial charge in [-0.05, 0) is 66.4 Å². The molecule has 3 aromatic rings. The van der Waals surface area contributed by atoms with E-state index >= 15 is 0 Å². The highest BCUT2D eigenvalue weighted by Crippen LogP contribution is 2.40. The van der Waals surface area contributed by atoms with Crippen LogP contribution < -0.4 is 9.47 Å². The molecule has 3 aromatic carbocycles. The lowest BCUT2D eigenvalue weighted by Crippen LogP contribution is -2.32. The van der Waals surface area contributed by atoms with Gasteiger partial charge in [0.05, 0.1) is 24.8 Å². The zero-order valence-electron chi connectivity index (χ0n) is 22.7. The number of hydrogen-bond acceptors (Lipinski definition) is 6. The number of nitrogens with zero attached hydrogens (tertiary/aromatic N) is 1. The van der Waals surface area contributed by atoms with E-state index in [1.807, 2.05) is 55.5 Å². The van der Waals surface area contributed by atoms with Gasteiger partial charge in [0.15, 0.2) is 0 Å². The lowest BCUT2D eigenvalue weighted by Gasteiger charge is -2.25. The summed E-state index contributed by atoms with van der Waals surface area (Å²) in [6.07, 6.45) is 1.99. The number of likely N-dealkylation sites (tertiary alicyclic amines) is 1. The van der Waals surface area contributed by atoms with E-state index in [4.69, 9.17) is 14.2 Å². The fourth-order valence-electron chi connectivity index (χ4n) is 4.53. The summed E-state index contributed by atoms with van der Waals surface area (Å²) in [5.74, 6) is -0.281. The minimum atomic E-state index is -0.748. The molecule has 1 amide bonds. The van der Waals surface area contributed by atoms with Crippen LogP contribution >= 0.6 is 0 Å². The van der Waals surface area contributed by atoms with Gasteiger partial charge in [0.1, 0.15) is 23.9 Å². The maximum Gasteiger partial charge on any atom is 0.295 e. The first-order valence-electron chi connectivity index (χ1n) is 13.2. The van der Waals surface area contributed by atoms with Crippen LogP contribution in [0.25, 0.3) is 5.76 Å². The Morgan fingerprint density at radius 3 is 2.23 bits per heavy atom. The topological polar surface area (TPSA) is 85.3 Å². The normalized spacial score (nSPS) is 16.5. The van der Waals surface area contributed by atoms with Crippen LogP contribution in [0.1, 0.15) is 48.1 Å². The van der Waals surface area contributed by atoms with Crippen molar-refractivity contribution in [1.82, 2.24) is 4.90 Å². The van der Waals surface area contributed by atoms with Crippen LogP contribution in [0.5, 0.6) is 11.5 Å². The molecule has 1 N–H and O–H groups in total. The number of amides is 1. The fourth-order valence-corrected chi connectivity index (χ4v) is 4.53. The summed E-state index contributed by atoms with van der Waals surface area (Å²) in [5.41, 5.74) is 3.40. The number of ether oxygens (including phenoxy) is 3. The Morgan fingerprint density at radius 2 is 1.56 bits per heavy atom. The van der Waals surface area contributed by atoms with Gasteiger partial charge in [0.25, 0.3) is 11.7 Å². The van der Waals surface area contributed by atoms with Gasteiger partial charge in [0, 0.05) is 19.2 Å². The van der Waals surface area contributed by atoms with Crippen LogP contribution in [0, 0.1) is 6.92 Å². The molecule has 0 aromatic heterocycles. The van der Waals surface area contributed by atoms with Crippen molar-refractivity contribution in [2.45, 2.75) is 39.3 Å². The van der Waals surface area contributed by atoms with Gasteiger partial charge in [-0.1, -0.05) is 49.7 Å². The number of unbranched alkanes of at least 4 members (excludes halogenated alkanes) is 1. The minimum absolute atomic E-state index is 0.0457. The molecule has 39 heavy (non-hydrogen) atoms. The number of carbonyl (C=O) groups is 2. The van der Waals surface area contributed by atoms with Crippen LogP contribution in [0.3, 0.4) is 0 Å². The van der Waals surface area contributed by atoms with E-state index in [2.05, 4.69) is 6.92 Å². The molecule has 0 bridgehead atoms. The van der Waals surface area contributed by atoms with Gasteiger partial charge in [-0.25, -0.2) is 0 Å². The fraction of sp³-hybridized carbons (Fsp3) is 0.312. The summed E-state index contributed by atoms with van der Waals surface area (Å²) < 4.78 is 16.9. The van der Waals surface area contributed by atoms with Crippen LogP contribution in [0.4, 0.5) is 0 Å². The summed E-state index contributed by atoms with van der Waals surface area (Å²) in [6.45, 7) is 5.64. The molecule has 0 aliphatic carbocycles. The molecule has 0 radical (unpaired) electrons. The lowest BCUT2D eigenvalue weighted by atomic mass is 9.95. The Hall–Kier alpha value is -4.10. The van der Waals surface area contributed by atoms with Crippen molar-refractivity contribution in [3.8, 4) is 11.5 Å². The van der Waals surface area contributed by atoms with E-state index < -0.39 is 17.7 Å². The third kappa shape index (κ3) is 6.49. The number of methoxy groups -OCH3 is 1. The second kappa shape index (κ2) is 13.1. The van der Waals surface area contributed by atoms with Crippen molar-refractivity contribution >= 4 is 17.4 Å². The highest BCUT2D eigenvalue weighted by Gasteiger charge is 2.45. The van der Waals surface area contributed by atoms with E-state index in [0.717, 1.165) is 24.0 Å². The Bertz CT molecular complexity index is 1310. The largest absolute Gasteiger partial charge is 0.507 e. The average molecular weight is 530 g/mol. The molecule has 7 nitrogen and oxygen atoms in total. The van der Waals surface area contributed by atoms with Crippen molar-refractivity contribution in [3.63, 3.8) is 0 Å². The molecule has 1 atom stereocenters. The minimum Gasteiger partial charge on any atom is -0.507 e. The third-order valence-electron chi connectivity index (χ3n) is 6.82. The molecule has 0 saturated carbocycles. The monoisotopic (exact) mass is 529 g/mol. The maximum atomic E-state index is 13.2. The van der Waals surface area contributed by atoms with Crippen LogP contribution in [0.15, 0.2) is 78.4 Å². The van der Waals surface area contributed by atoms with E-state index in [1.165, 1.54) is 12.0 Å². The van der Waals surface area contributed by atoms with Crippen LogP contribution in [0.2, 0.25) is 0 Å². The molecular weight excluding hydrogens is 494 g/mol. The van der Waals surface area contributed by atoms with E-state index in [9.17, 15) is 14.7 Å². The summed E-state index contributed by atoms with van der Waals surface area (Å²) in [5, 5.41) is 11.3. The summed E-state index contributed by atoms with van der Waals surface area (Å²) in [4.78, 5) is 27.6. The molecule has 4 rings (SSSR count). The summed E-state index contributed by atoms with van der Waals surface area (Å²) in [6, 6.07) is 21.4. The standard InChI is InChI=1S/C32H35NO6/c1-4-5-19-38-26-14-10-23(11-15-26)29-28(31(35)32(36)33(29)18-20-37-3)30(34)24-12-16-27(17-13-24)39-21-25-9-7-6-8-22(25)2/h6-17,29,34H,4-5,18-21H2,1-3H3. The van der Waals surface area contributed by atoms with Crippen LogP contribution in [-0.4, -0.2) is 48.6 Å². The molecule has 1 fully saturated rings. The molecule has 204 valence electrons. The molecule has 1 heterocycles. The number of ketones is 1. The van der Waals surface area contributed by atoms with Gasteiger partial charge in [-0.3, -0.25) is 9.59 Å². The summed E-state index contributed by atoms with van der Waals surface area (Å²) >= 11 is 0. The first-order chi connectivity index (χ1) is 18.9. The Balaban J connectivity index is 1.61. The average Bonchev–Trinajstić information content (AvgIpc) is 3.21. The zero-order valence-corrected chi connectivity index (χ0v) is 22.7. The number of Topliss-reactive ketones (excluding diaryl/α,β-unsaturated/α-hetero) is 1. The number of hydrogen-bond donors (Lipinski definition) is 1.